The minimum Gasteiger partial charge on any atom is -0.455 e. The van der Waals surface area contributed by atoms with E-state index in [4.69, 9.17) is 4.74 Å². The molecule has 5 heteroatoms. The second kappa shape index (κ2) is 6.73. The summed E-state index contributed by atoms with van der Waals surface area (Å²) in [5.74, 6) is 0.391. The zero-order chi connectivity index (χ0) is 11.1. The summed E-state index contributed by atoms with van der Waals surface area (Å²) in [5.41, 5.74) is 3.77. The minimum atomic E-state index is -1.02. The summed E-state index contributed by atoms with van der Waals surface area (Å²) in [6, 6.07) is -0.0623. The van der Waals surface area contributed by atoms with Crippen LogP contribution in [-0.2, 0) is 20.3 Å². The van der Waals surface area contributed by atoms with Crippen molar-refractivity contribution in [1.82, 2.24) is 0 Å². The second-order valence-corrected chi connectivity index (χ2v) is 4.73. The molecule has 0 aliphatic carbocycles. The number of hydrogen-bond donors (Lipinski definition) is 1. The number of hydrogen-bond acceptors (Lipinski definition) is 3. The molecule has 0 radical (unpaired) electrons. The van der Waals surface area contributed by atoms with Crippen molar-refractivity contribution in [3.63, 3.8) is 0 Å². The molecule has 3 unspecified atom stereocenters. The maximum absolute atomic E-state index is 11.4. The van der Waals surface area contributed by atoms with Crippen LogP contribution in [0.1, 0.15) is 13.8 Å². The van der Waals surface area contributed by atoms with Crippen molar-refractivity contribution in [2.45, 2.75) is 26.0 Å². The molecule has 0 aliphatic rings. The highest BCUT2D eigenvalue weighted by Gasteiger charge is 2.22. The lowest BCUT2D eigenvalue weighted by atomic mass is 10.2. The van der Waals surface area contributed by atoms with Crippen molar-refractivity contribution in [1.29, 1.82) is 0 Å². The fourth-order valence-corrected chi connectivity index (χ4v) is 2.07. The highest BCUT2D eigenvalue weighted by molar-refractivity contribution is 7.85. The summed E-state index contributed by atoms with van der Waals surface area (Å²) < 4.78 is 16.4. The van der Waals surface area contributed by atoms with Crippen LogP contribution in [0, 0.1) is 0 Å². The van der Waals surface area contributed by atoms with Gasteiger partial charge in [0.25, 0.3) is 0 Å². The molecule has 0 aromatic carbocycles. The first kappa shape index (κ1) is 13.3. The lowest BCUT2D eigenvalue weighted by Gasteiger charge is -2.17. The predicted molar refractivity (Wildman–Crippen MR) is 56.0 cm³/mol. The third kappa shape index (κ3) is 5.88. The van der Waals surface area contributed by atoms with Crippen molar-refractivity contribution < 1.29 is 19.5 Å². The Balaban J connectivity index is 4.15. The van der Waals surface area contributed by atoms with Crippen LogP contribution in [0.5, 0.6) is 0 Å². The molecule has 0 aromatic heterocycles. The number of ether oxygens (including phenoxy) is 1. The summed E-state index contributed by atoms with van der Waals surface area (Å²) in [5, 5.41) is 0. The quantitative estimate of drug-likeness (QED) is 0.484. The Hall–Kier alpha value is -0.680. The van der Waals surface area contributed by atoms with Gasteiger partial charge in [0, 0.05) is 23.5 Å². The third-order valence-corrected chi connectivity index (χ3v) is 2.91. The number of rotatable bonds is 6. The monoisotopic (exact) mass is 220 g/mol. The van der Waals surface area contributed by atoms with Crippen LogP contribution in [0.4, 0.5) is 0 Å². The highest BCUT2D eigenvalue weighted by atomic mass is 32.2. The molecular formula is C9H18NO3S+. The molecule has 82 valence electrons. The molecule has 0 aromatic rings. The van der Waals surface area contributed by atoms with Gasteiger partial charge in [-0.1, -0.05) is 6.08 Å². The Morgan fingerprint density at radius 2 is 2.29 bits per heavy atom. The number of quaternary nitrogens is 1. The molecule has 3 atom stereocenters. The third-order valence-electron chi connectivity index (χ3n) is 1.61. The Bertz CT molecular complexity index is 228. The zero-order valence-electron chi connectivity index (χ0n) is 8.69. The molecule has 3 N–H and O–H groups in total. The second-order valence-electron chi connectivity index (χ2n) is 3.19. The van der Waals surface area contributed by atoms with Crippen LogP contribution in [-0.4, -0.2) is 33.8 Å². The van der Waals surface area contributed by atoms with Gasteiger partial charge in [-0.2, -0.15) is 0 Å². The first-order valence-corrected chi connectivity index (χ1v) is 5.92. The topological polar surface area (TPSA) is 71.0 Å². The molecule has 0 bridgehead atoms. The predicted octanol–water partition coefficient (Wildman–Crippen LogP) is -0.517. The van der Waals surface area contributed by atoms with E-state index in [0.717, 1.165) is 0 Å². The molecule has 4 nitrogen and oxygen atoms in total. The first-order chi connectivity index (χ1) is 6.47. The maximum Gasteiger partial charge on any atom is 0.303 e. The Morgan fingerprint density at radius 1 is 1.71 bits per heavy atom. The fourth-order valence-electron chi connectivity index (χ4n) is 0.910. The van der Waals surface area contributed by atoms with E-state index in [0.29, 0.717) is 11.5 Å². The molecule has 0 heterocycles. The van der Waals surface area contributed by atoms with Crippen LogP contribution in [0.3, 0.4) is 0 Å². The standard InChI is InChI=1S/C9H17NO3S/c1-4-5-14(12)6-9(7(2)10)13-8(3)11/h4,7,9H,1,5-6,10H2,2-3H3/p+1. The van der Waals surface area contributed by atoms with Gasteiger partial charge in [-0.15, -0.1) is 6.58 Å². The zero-order valence-corrected chi connectivity index (χ0v) is 9.51. The molecule has 0 saturated heterocycles. The van der Waals surface area contributed by atoms with Crippen molar-refractivity contribution in [2.24, 2.45) is 0 Å². The lowest BCUT2D eigenvalue weighted by Crippen LogP contribution is -2.66. The van der Waals surface area contributed by atoms with Gasteiger partial charge in [0.05, 0.1) is 5.75 Å². The van der Waals surface area contributed by atoms with Gasteiger partial charge in [-0.25, -0.2) is 0 Å². The average molecular weight is 220 g/mol. The summed E-state index contributed by atoms with van der Waals surface area (Å²) in [6.07, 6.45) is 1.22. The Kier molecular flexibility index (Phi) is 6.40. The van der Waals surface area contributed by atoms with E-state index in [1.807, 2.05) is 6.92 Å². The number of carbonyl (C=O) groups excluding carboxylic acids is 1. The summed E-state index contributed by atoms with van der Waals surface area (Å²) >= 11 is 0. The van der Waals surface area contributed by atoms with E-state index in [1.165, 1.54) is 6.92 Å². The Morgan fingerprint density at radius 3 is 2.64 bits per heavy atom. The van der Waals surface area contributed by atoms with E-state index in [1.54, 1.807) is 6.08 Å². The van der Waals surface area contributed by atoms with Gasteiger partial charge in [-0.05, 0) is 6.92 Å². The van der Waals surface area contributed by atoms with Crippen LogP contribution in [0.25, 0.3) is 0 Å². The molecule has 0 spiro atoms. The molecule has 0 amide bonds. The molecule has 0 aliphatic heterocycles. The van der Waals surface area contributed by atoms with Gasteiger partial charge in [-0.3, -0.25) is 9.00 Å². The largest absolute Gasteiger partial charge is 0.455 e. The van der Waals surface area contributed by atoms with Gasteiger partial charge in [0.1, 0.15) is 6.04 Å². The summed E-state index contributed by atoms with van der Waals surface area (Å²) in [6.45, 7) is 6.67. The van der Waals surface area contributed by atoms with E-state index < -0.39 is 10.8 Å². The van der Waals surface area contributed by atoms with E-state index in [-0.39, 0.29) is 18.1 Å². The van der Waals surface area contributed by atoms with E-state index in [9.17, 15) is 9.00 Å². The average Bonchev–Trinajstić information content (AvgIpc) is 2.02. The molecule has 0 saturated carbocycles. The maximum atomic E-state index is 11.4. The molecule has 0 rings (SSSR count). The normalized spacial score (nSPS) is 16.8. The van der Waals surface area contributed by atoms with Crippen molar-refractivity contribution in [2.75, 3.05) is 11.5 Å². The fraction of sp³-hybridized carbons (Fsp3) is 0.667. The van der Waals surface area contributed by atoms with E-state index in [2.05, 4.69) is 12.3 Å². The van der Waals surface area contributed by atoms with Crippen LogP contribution < -0.4 is 5.73 Å². The molecule has 14 heavy (non-hydrogen) atoms. The lowest BCUT2D eigenvalue weighted by molar-refractivity contribution is -0.429. The van der Waals surface area contributed by atoms with Gasteiger partial charge >= 0.3 is 5.97 Å². The van der Waals surface area contributed by atoms with Crippen molar-refractivity contribution >= 4 is 16.8 Å². The first-order valence-electron chi connectivity index (χ1n) is 4.43. The molecule has 0 fully saturated rings. The Labute approximate surface area is 87.0 Å². The summed E-state index contributed by atoms with van der Waals surface area (Å²) in [4.78, 5) is 10.7. The SMILES string of the molecule is C=CCS(=O)CC(OC(C)=O)C(C)[NH3+]. The van der Waals surface area contributed by atoms with E-state index >= 15 is 0 Å². The van der Waals surface area contributed by atoms with Crippen LogP contribution in [0.2, 0.25) is 0 Å². The highest BCUT2D eigenvalue weighted by Crippen LogP contribution is 2.00. The van der Waals surface area contributed by atoms with Gasteiger partial charge in [0.2, 0.25) is 0 Å². The number of carbonyl (C=O) groups is 1. The van der Waals surface area contributed by atoms with Crippen molar-refractivity contribution in [3.05, 3.63) is 12.7 Å². The summed E-state index contributed by atoms with van der Waals surface area (Å²) in [7, 11) is -1.02. The molecular weight excluding hydrogens is 202 g/mol. The van der Waals surface area contributed by atoms with Crippen molar-refractivity contribution in [3.8, 4) is 0 Å². The smallest absolute Gasteiger partial charge is 0.303 e. The van der Waals surface area contributed by atoms with Gasteiger partial charge in [0.15, 0.2) is 6.10 Å². The minimum absolute atomic E-state index is 0.0623. The van der Waals surface area contributed by atoms with Crippen LogP contribution in [0.15, 0.2) is 12.7 Å². The van der Waals surface area contributed by atoms with Crippen LogP contribution >= 0.6 is 0 Å². The number of esters is 1. The van der Waals surface area contributed by atoms with Gasteiger partial charge < -0.3 is 10.5 Å².